The van der Waals surface area contributed by atoms with Crippen molar-refractivity contribution in [2.24, 2.45) is 0 Å². The molecule has 0 aliphatic rings. The third kappa shape index (κ3) is 4.27. The number of para-hydroxylation sites is 1. The number of ether oxygens (including phenoxy) is 2. The van der Waals surface area contributed by atoms with Crippen LogP contribution in [0.4, 0.5) is 11.6 Å². The van der Waals surface area contributed by atoms with Gasteiger partial charge >= 0.3 is 5.97 Å². The van der Waals surface area contributed by atoms with Crippen LogP contribution in [0, 0.1) is 0 Å². The zero-order valence-electron chi connectivity index (χ0n) is 14.1. The number of carbonyl (C=O) groups excluding carboxylic acids is 1. The van der Waals surface area contributed by atoms with Crippen molar-refractivity contribution in [3.8, 4) is 11.5 Å². The zero-order chi connectivity index (χ0) is 18.4. The molecule has 0 atom stereocenters. The maximum atomic E-state index is 11.9. The molecule has 0 bridgehead atoms. The fourth-order valence-corrected chi connectivity index (χ4v) is 2.18. The summed E-state index contributed by atoms with van der Waals surface area (Å²) < 4.78 is 10.5. The van der Waals surface area contributed by atoms with Gasteiger partial charge in [0, 0.05) is 5.69 Å². The highest BCUT2D eigenvalue weighted by molar-refractivity contribution is 5.88. The van der Waals surface area contributed by atoms with Gasteiger partial charge in [0.15, 0.2) is 0 Å². The maximum Gasteiger partial charge on any atom is 0.345 e. The van der Waals surface area contributed by atoms with Crippen LogP contribution in [-0.4, -0.2) is 22.5 Å². The molecule has 0 amide bonds. The normalized spacial score (nSPS) is 10.2. The molecule has 0 radical (unpaired) electrons. The first-order valence-electron chi connectivity index (χ1n) is 8.02. The summed E-state index contributed by atoms with van der Waals surface area (Å²) in [7, 11) is 0. The molecular formula is C19H17N3O4. The number of rotatable bonds is 6. The highest BCUT2D eigenvalue weighted by atomic mass is 16.5. The van der Waals surface area contributed by atoms with E-state index in [2.05, 4.69) is 15.3 Å². The Kier molecular flexibility index (Phi) is 5.28. The van der Waals surface area contributed by atoms with E-state index in [1.165, 1.54) is 6.20 Å². The summed E-state index contributed by atoms with van der Waals surface area (Å²) in [6.07, 6.45) is 1.19. The van der Waals surface area contributed by atoms with Gasteiger partial charge in [0.05, 0.1) is 12.8 Å². The molecule has 0 saturated carbocycles. The second kappa shape index (κ2) is 7.98. The molecule has 2 aromatic carbocycles. The van der Waals surface area contributed by atoms with Crippen molar-refractivity contribution >= 4 is 17.6 Å². The molecule has 3 aromatic rings. The number of benzene rings is 2. The van der Waals surface area contributed by atoms with E-state index < -0.39 is 11.5 Å². The number of carbonyl (C=O) groups is 1. The summed E-state index contributed by atoms with van der Waals surface area (Å²) >= 11 is 0. The second-order valence-corrected chi connectivity index (χ2v) is 5.26. The number of hydrogen-bond donors (Lipinski definition) is 2. The Morgan fingerprint density at radius 3 is 2.42 bits per heavy atom. The van der Waals surface area contributed by atoms with Gasteiger partial charge in [-0.1, -0.05) is 18.2 Å². The standard InChI is InChI=1S/C19H17N3O4/c1-2-25-18(24)16-12-20-19(22-17(16)23)21-13-8-10-15(11-9-13)26-14-6-4-3-5-7-14/h3-12H,2H2,1H3,(H2,20,21,22,23). The lowest BCUT2D eigenvalue weighted by atomic mass is 10.3. The molecule has 0 unspecified atom stereocenters. The third-order valence-corrected chi connectivity index (χ3v) is 3.39. The van der Waals surface area contributed by atoms with E-state index in [9.17, 15) is 9.59 Å². The Hall–Kier alpha value is -3.61. The second-order valence-electron chi connectivity index (χ2n) is 5.26. The van der Waals surface area contributed by atoms with Crippen LogP contribution in [0.2, 0.25) is 0 Å². The van der Waals surface area contributed by atoms with Crippen molar-refractivity contribution in [1.82, 2.24) is 9.97 Å². The number of anilines is 2. The van der Waals surface area contributed by atoms with Crippen LogP contribution in [0.1, 0.15) is 17.3 Å². The summed E-state index contributed by atoms with van der Waals surface area (Å²) in [5.74, 6) is 0.949. The van der Waals surface area contributed by atoms with Crippen molar-refractivity contribution in [1.29, 1.82) is 0 Å². The van der Waals surface area contributed by atoms with Crippen LogP contribution in [0.25, 0.3) is 0 Å². The molecule has 1 heterocycles. The molecule has 0 fully saturated rings. The molecule has 7 nitrogen and oxygen atoms in total. The van der Waals surface area contributed by atoms with Gasteiger partial charge in [0.2, 0.25) is 5.95 Å². The number of nitrogens with one attached hydrogen (secondary N) is 2. The first-order chi connectivity index (χ1) is 12.7. The molecule has 26 heavy (non-hydrogen) atoms. The average Bonchev–Trinajstić information content (AvgIpc) is 2.64. The molecule has 0 saturated heterocycles. The lowest BCUT2D eigenvalue weighted by molar-refractivity contribution is 0.0524. The summed E-state index contributed by atoms with van der Waals surface area (Å²) in [4.78, 5) is 30.1. The van der Waals surface area contributed by atoms with Crippen molar-refractivity contribution in [2.45, 2.75) is 6.92 Å². The van der Waals surface area contributed by atoms with Crippen LogP contribution in [0.3, 0.4) is 0 Å². The first kappa shape index (κ1) is 17.2. The van der Waals surface area contributed by atoms with Gasteiger partial charge < -0.3 is 14.8 Å². The number of aromatic nitrogens is 2. The van der Waals surface area contributed by atoms with E-state index in [1.807, 2.05) is 30.3 Å². The fourth-order valence-electron chi connectivity index (χ4n) is 2.18. The van der Waals surface area contributed by atoms with E-state index in [1.54, 1.807) is 31.2 Å². The van der Waals surface area contributed by atoms with Crippen LogP contribution in [0.15, 0.2) is 65.6 Å². The molecular weight excluding hydrogens is 334 g/mol. The summed E-state index contributed by atoms with van der Waals surface area (Å²) in [6, 6.07) is 16.6. The number of hydrogen-bond acceptors (Lipinski definition) is 6. The highest BCUT2D eigenvalue weighted by Crippen LogP contribution is 2.23. The molecule has 7 heteroatoms. The minimum absolute atomic E-state index is 0.135. The Morgan fingerprint density at radius 1 is 1.08 bits per heavy atom. The lowest BCUT2D eigenvalue weighted by Crippen LogP contribution is -2.21. The number of esters is 1. The zero-order valence-corrected chi connectivity index (χ0v) is 14.1. The Labute approximate surface area is 149 Å². The molecule has 0 aliphatic carbocycles. The van der Waals surface area contributed by atoms with Gasteiger partial charge in [-0.3, -0.25) is 9.78 Å². The Balaban J connectivity index is 1.68. The smallest absolute Gasteiger partial charge is 0.345 e. The fraction of sp³-hybridized carbons (Fsp3) is 0.105. The Morgan fingerprint density at radius 2 is 1.77 bits per heavy atom. The summed E-state index contributed by atoms with van der Waals surface area (Å²) in [5, 5.41) is 2.96. The lowest BCUT2D eigenvalue weighted by Gasteiger charge is -2.08. The van der Waals surface area contributed by atoms with E-state index in [0.29, 0.717) is 11.4 Å². The van der Waals surface area contributed by atoms with Crippen molar-refractivity contribution in [2.75, 3.05) is 11.9 Å². The molecule has 3 rings (SSSR count). The van der Waals surface area contributed by atoms with Crippen LogP contribution < -0.4 is 15.6 Å². The van der Waals surface area contributed by atoms with Gasteiger partial charge in [-0.25, -0.2) is 9.78 Å². The predicted octanol–water partition coefficient (Wildman–Crippen LogP) is 3.48. The van der Waals surface area contributed by atoms with E-state index in [-0.39, 0.29) is 18.1 Å². The van der Waals surface area contributed by atoms with Gasteiger partial charge in [0.25, 0.3) is 5.56 Å². The molecule has 0 aliphatic heterocycles. The van der Waals surface area contributed by atoms with Crippen LogP contribution in [0.5, 0.6) is 11.5 Å². The SMILES string of the molecule is CCOC(=O)c1cnc(Nc2ccc(Oc3ccccc3)cc2)[nH]c1=O. The number of aromatic amines is 1. The predicted molar refractivity (Wildman–Crippen MR) is 97.1 cm³/mol. The minimum atomic E-state index is -0.699. The number of nitrogens with zero attached hydrogens (tertiary/aromatic N) is 1. The third-order valence-electron chi connectivity index (χ3n) is 3.39. The van der Waals surface area contributed by atoms with E-state index in [0.717, 1.165) is 5.75 Å². The van der Waals surface area contributed by atoms with E-state index >= 15 is 0 Å². The number of H-pyrrole nitrogens is 1. The molecule has 1 aromatic heterocycles. The quantitative estimate of drug-likeness (QED) is 0.661. The van der Waals surface area contributed by atoms with Crippen LogP contribution >= 0.6 is 0 Å². The summed E-state index contributed by atoms with van der Waals surface area (Å²) in [6.45, 7) is 1.86. The molecule has 2 N–H and O–H groups in total. The average molecular weight is 351 g/mol. The maximum absolute atomic E-state index is 11.9. The van der Waals surface area contributed by atoms with Gasteiger partial charge in [0.1, 0.15) is 17.1 Å². The molecule has 0 spiro atoms. The van der Waals surface area contributed by atoms with Crippen molar-refractivity contribution < 1.29 is 14.3 Å². The van der Waals surface area contributed by atoms with Gasteiger partial charge in [-0.15, -0.1) is 0 Å². The summed E-state index contributed by atoms with van der Waals surface area (Å²) in [5.41, 5.74) is 0.00596. The topological polar surface area (TPSA) is 93.3 Å². The monoisotopic (exact) mass is 351 g/mol. The highest BCUT2D eigenvalue weighted by Gasteiger charge is 2.12. The van der Waals surface area contributed by atoms with Crippen LogP contribution in [-0.2, 0) is 4.74 Å². The van der Waals surface area contributed by atoms with Gasteiger partial charge in [-0.05, 0) is 43.3 Å². The minimum Gasteiger partial charge on any atom is -0.462 e. The molecule has 132 valence electrons. The largest absolute Gasteiger partial charge is 0.462 e. The first-order valence-corrected chi connectivity index (χ1v) is 8.02. The Bertz CT molecular complexity index is 937. The van der Waals surface area contributed by atoms with Crippen molar-refractivity contribution in [3.63, 3.8) is 0 Å². The van der Waals surface area contributed by atoms with Crippen molar-refractivity contribution in [3.05, 3.63) is 76.7 Å². The van der Waals surface area contributed by atoms with E-state index in [4.69, 9.17) is 9.47 Å². The van der Waals surface area contributed by atoms with Gasteiger partial charge in [-0.2, -0.15) is 0 Å².